The summed E-state index contributed by atoms with van der Waals surface area (Å²) >= 11 is 0. The number of rotatable bonds is 6. The molecule has 1 aromatic carbocycles. The summed E-state index contributed by atoms with van der Waals surface area (Å²) in [6, 6.07) is 11.3. The molecule has 0 aliphatic carbocycles. The van der Waals surface area contributed by atoms with Crippen molar-refractivity contribution in [1.82, 2.24) is 10.2 Å². The van der Waals surface area contributed by atoms with Crippen molar-refractivity contribution in [3.8, 4) is 0 Å². The number of anilines is 2. The van der Waals surface area contributed by atoms with Gasteiger partial charge in [0.2, 0.25) is 0 Å². The quantitative estimate of drug-likeness (QED) is 0.832. The highest BCUT2D eigenvalue weighted by Crippen LogP contribution is 2.18. The van der Waals surface area contributed by atoms with Crippen molar-refractivity contribution in [3.63, 3.8) is 0 Å². The number of aromatic nitrogens is 2. The van der Waals surface area contributed by atoms with Gasteiger partial charge in [0.05, 0.1) is 0 Å². The monoisotopic (exact) mass is 296 g/mol. The normalized spacial score (nSPS) is 10.1. The van der Waals surface area contributed by atoms with Crippen LogP contribution >= 0.6 is 0 Å². The zero-order chi connectivity index (χ0) is 15.9. The van der Waals surface area contributed by atoms with E-state index in [-0.39, 0.29) is 5.91 Å². The summed E-state index contributed by atoms with van der Waals surface area (Å²) < 4.78 is 0. The molecule has 0 bridgehead atoms. The molecule has 1 heterocycles. The highest BCUT2D eigenvalue weighted by atomic mass is 16.2. The second kappa shape index (κ2) is 7.36. The van der Waals surface area contributed by atoms with Gasteiger partial charge in [-0.05, 0) is 43.7 Å². The smallest absolute Gasteiger partial charge is 0.278 e. The van der Waals surface area contributed by atoms with Crippen molar-refractivity contribution < 1.29 is 4.79 Å². The molecule has 0 spiro atoms. The van der Waals surface area contributed by atoms with Gasteiger partial charge in [0, 0.05) is 18.8 Å². The number of hydrogen-bond acceptors (Lipinski definition) is 4. The molecular formula is C17H20N4O. The summed E-state index contributed by atoms with van der Waals surface area (Å²) in [5.74, 6) is 0.464. The summed E-state index contributed by atoms with van der Waals surface area (Å²) in [7, 11) is 0. The van der Waals surface area contributed by atoms with E-state index < -0.39 is 0 Å². The van der Waals surface area contributed by atoms with Crippen molar-refractivity contribution in [3.05, 3.63) is 60.3 Å². The number of benzene rings is 1. The van der Waals surface area contributed by atoms with E-state index in [1.165, 1.54) is 0 Å². The fraction of sp³-hybridized carbons (Fsp3) is 0.235. The van der Waals surface area contributed by atoms with Gasteiger partial charge in [0.15, 0.2) is 5.69 Å². The summed E-state index contributed by atoms with van der Waals surface area (Å²) in [5.41, 5.74) is 2.30. The molecule has 1 N–H and O–H groups in total. The van der Waals surface area contributed by atoms with Crippen LogP contribution in [0, 0.1) is 6.92 Å². The molecule has 5 heteroatoms. The summed E-state index contributed by atoms with van der Waals surface area (Å²) in [6.45, 7) is 8.74. The van der Waals surface area contributed by atoms with Gasteiger partial charge in [-0.1, -0.05) is 18.2 Å². The predicted octanol–water partition coefficient (Wildman–Crippen LogP) is 3.05. The number of amides is 1. The number of hydrogen-bond donors (Lipinski definition) is 1. The van der Waals surface area contributed by atoms with Crippen molar-refractivity contribution >= 4 is 17.4 Å². The minimum Gasteiger partial charge on any atom is -0.365 e. The lowest BCUT2D eigenvalue weighted by atomic mass is 10.2. The van der Waals surface area contributed by atoms with Crippen molar-refractivity contribution in [2.45, 2.75) is 13.8 Å². The number of nitrogens with one attached hydrogen (secondary N) is 1. The number of aryl methyl sites for hydroxylation is 1. The molecule has 0 unspecified atom stereocenters. The van der Waals surface area contributed by atoms with Gasteiger partial charge >= 0.3 is 0 Å². The van der Waals surface area contributed by atoms with Gasteiger partial charge in [-0.15, -0.1) is 16.8 Å². The van der Waals surface area contributed by atoms with Crippen LogP contribution in [0.25, 0.3) is 0 Å². The molecule has 0 atom stereocenters. The summed E-state index contributed by atoms with van der Waals surface area (Å²) in [6.07, 6.45) is 1.73. The molecule has 2 rings (SSSR count). The molecule has 0 aliphatic rings. The topological polar surface area (TPSA) is 58.1 Å². The molecule has 1 aromatic heterocycles. The van der Waals surface area contributed by atoms with Crippen molar-refractivity contribution in [2.75, 3.05) is 23.3 Å². The maximum Gasteiger partial charge on any atom is 0.278 e. The Balaban J connectivity index is 2.19. The lowest BCUT2D eigenvalue weighted by Gasteiger charge is -2.20. The van der Waals surface area contributed by atoms with Gasteiger partial charge in [0.1, 0.15) is 5.82 Å². The van der Waals surface area contributed by atoms with E-state index in [2.05, 4.69) is 22.1 Å². The van der Waals surface area contributed by atoms with Crippen LogP contribution < -0.4 is 10.2 Å². The van der Waals surface area contributed by atoms with Gasteiger partial charge in [0.25, 0.3) is 5.91 Å². The number of carbonyl (C=O) groups is 1. The molecule has 5 nitrogen and oxygen atoms in total. The van der Waals surface area contributed by atoms with Crippen LogP contribution in [0.15, 0.2) is 49.1 Å². The zero-order valence-corrected chi connectivity index (χ0v) is 12.9. The van der Waals surface area contributed by atoms with E-state index in [1.54, 1.807) is 23.1 Å². The maximum absolute atomic E-state index is 12.6. The van der Waals surface area contributed by atoms with Crippen LogP contribution in [-0.4, -0.2) is 29.2 Å². The fourth-order valence-electron chi connectivity index (χ4n) is 2.09. The van der Waals surface area contributed by atoms with Gasteiger partial charge in [-0.25, -0.2) is 0 Å². The Morgan fingerprint density at radius 1 is 1.32 bits per heavy atom. The molecule has 114 valence electrons. The van der Waals surface area contributed by atoms with Gasteiger partial charge in [-0.3, -0.25) is 4.79 Å². The highest BCUT2D eigenvalue weighted by molar-refractivity contribution is 6.04. The Morgan fingerprint density at radius 3 is 2.73 bits per heavy atom. The third kappa shape index (κ3) is 3.69. The second-order valence-corrected chi connectivity index (χ2v) is 4.86. The Bertz CT molecular complexity index is 652. The van der Waals surface area contributed by atoms with Crippen LogP contribution in [0.1, 0.15) is 23.0 Å². The van der Waals surface area contributed by atoms with Gasteiger partial charge < -0.3 is 10.2 Å². The Morgan fingerprint density at radius 2 is 2.14 bits per heavy atom. The van der Waals surface area contributed by atoms with Gasteiger partial charge in [-0.2, -0.15) is 0 Å². The van der Waals surface area contributed by atoms with E-state index in [0.717, 1.165) is 11.3 Å². The third-order valence-corrected chi connectivity index (χ3v) is 3.19. The molecule has 0 radical (unpaired) electrons. The predicted molar refractivity (Wildman–Crippen MR) is 89.2 cm³/mol. The first-order chi connectivity index (χ1) is 10.7. The minimum atomic E-state index is -0.157. The summed E-state index contributed by atoms with van der Waals surface area (Å²) in [5, 5.41) is 11.0. The Labute approximate surface area is 130 Å². The first kappa shape index (κ1) is 15.7. The van der Waals surface area contributed by atoms with Crippen molar-refractivity contribution in [2.24, 2.45) is 0 Å². The molecular weight excluding hydrogens is 276 g/mol. The van der Waals surface area contributed by atoms with E-state index in [4.69, 9.17) is 0 Å². The number of nitrogens with zero attached hydrogens (tertiary/aromatic N) is 3. The van der Waals surface area contributed by atoms with E-state index >= 15 is 0 Å². The fourth-order valence-corrected chi connectivity index (χ4v) is 2.09. The molecule has 22 heavy (non-hydrogen) atoms. The second-order valence-electron chi connectivity index (χ2n) is 4.86. The molecule has 0 aliphatic heterocycles. The Hall–Kier alpha value is -2.69. The molecule has 1 amide bonds. The molecule has 0 fully saturated rings. The van der Waals surface area contributed by atoms with Crippen LogP contribution in [0.2, 0.25) is 0 Å². The van der Waals surface area contributed by atoms with E-state index in [1.807, 2.05) is 38.1 Å². The minimum absolute atomic E-state index is 0.157. The molecule has 2 aromatic rings. The van der Waals surface area contributed by atoms with Crippen LogP contribution in [0.3, 0.4) is 0 Å². The Kier molecular flexibility index (Phi) is 5.25. The lowest BCUT2D eigenvalue weighted by molar-refractivity contribution is 0.0982. The standard InChI is InChI=1S/C17H20N4O/c1-4-11-18-16-10-9-15(19-20-16)17(22)21(5-2)14-8-6-7-13(3)12-14/h4,6-10,12H,1,5,11H2,2-3H3,(H,18,20). The third-order valence-electron chi connectivity index (χ3n) is 3.19. The zero-order valence-electron chi connectivity index (χ0n) is 12.9. The summed E-state index contributed by atoms with van der Waals surface area (Å²) in [4.78, 5) is 14.3. The first-order valence-corrected chi connectivity index (χ1v) is 7.22. The van der Waals surface area contributed by atoms with E-state index in [9.17, 15) is 4.79 Å². The maximum atomic E-state index is 12.6. The SMILES string of the molecule is C=CCNc1ccc(C(=O)N(CC)c2cccc(C)c2)nn1. The largest absolute Gasteiger partial charge is 0.365 e. The average Bonchev–Trinajstić information content (AvgIpc) is 2.54. The lowest BCUT2D eigenvalue weighted by Crippen LogP contribution is -2.31. The van der Waals surface area contributed by atoms with Crippen LogP contribution in [0.5, 0.6) is 0 Å². The molecule has 0 saturated carbocycles. The molecule has 0 saturated heterocycles. The number of carbonyl (C=O) groups excluding carboxylic acids is 1. The first-order valence-electron chi connectivity index (χ1n) is 7.22. The van der Waals surface area contributed by atoms with Crippen molar-refractivity contribution in [1.29, 1.82) is 0 Å². The average molecular weight is 296 g/mol. The van der Waals surface area contributed by atoms with Crippen LogP contribution in [0.4, 0.5) is 11.5 Å². The highest BCUT2D eigenvalue weighted by Gasteiger charge is 2.17. The van der Waals surface area contributed by atoms with E-state index in [0.29, 0.717) is 24.6 Å². The van der Waals surface area contributed by atoms with Crippen LogP contribution in [-0.2, 0) is 0 Å².